The van der Waals surface area contributed by atoms with Crippen LogP contribution in [0.4, 0.5) is 4.79 Å². The van der Waals surface area contributed by atoms with E-state index in [0.717, 1.165) is 19.3 Å². The normalized spacial score (nSPS) is 11.8. The van der Waals surface area contributed by atoms with E-state index in [4.69, 9.17) is 9.47 Å². The molecular formula is C19H37NO4. The van der Waals surface area contributed by atoms with Crippen LogP contribution in [0.2, 0.25) is 0 Å². The Morgan fingerprint density at radius 1 is 0.792 bits per heavy atom. The molecule has 0 heterocycles. The van der Waals surface area contributed by atoms with Crippen LogP contribution in [-0.2, 0) is 14.3 Å². The summed E-state index contributed by atoms with van der Waals surface area (Å²) in [6.07, 6.45) is 11.9. The van der Waals surface area contributed by atoms with Gasteiger partial charge in [-0.2, -0.15) is 0 Å². The summed E-state index contributed by atoms with van der Waals surface area (Å²) in [5, 5.41) is 2.57. The number of amides is 1. The second kappa shape index (κ2) is 16.6. The molecule has 0 aromatic rings. The van der Waals surface area contributed by atoms with Crippen molar-refractivity contribution < 1.29 is 19.1 Å². The molecule has 5 nitrogen and oxygen atoms in total. The standard InChI is InChI=1S/C19H37NO4/c1-4-7-8-9-10-11-12-13-14-16-24-18(21)17(15-5-2)20-19(22)23-6-3/h17H,4-16H2,1-3H3,(H,20,22). The highest BCUT2D eigenvalue weighted by atomic mass is 16.6. The number of unbranched alkanes of at least 4 members (excludes halogenated alkanes) is 8. The van der Waals surface area contributed by atoms with E-state index in [1.165, 1.54) is 44.9 Å². The van der Waals surface area contributed by atoms with Crippen LogP contribution >= 0.6 is 0 Å². The summed E-state index contributed by atoms with van der Waals surface area (Å²) in [6, 6.07) is -0.604. The highest BCUT2D eigenvalue weighted by Gasteiger charge is 2.21. The third-order valence-electron chi connectivity index (χ3n) is 3.92. The lowest BCUT2D eigenvalue weighted by atomic mass is 10.1. The van der Waals surface area contributed by atoms with Gasteiger partial charge in [0.15, 0.2) is 0 Å². The van der Waals surface area contributed by atoms with E-state index in [0.29, 0.717) is 13.0 Å². The van der Waals surface area contributed by atoms with Crippen LogP contribution in [0.15, 0.2) is 0 Å². The number of ether oxygens (including phenoxy) is 2. The Balaban J connectivity index is 3.71. The molecule has 0 aliphatic heterocycles. The highest BCUT2D eigenvalue weighted by molar-refractivity contribution is 5.81. The molecule has 0 rings (SSSR count). The first kappa shape index (κ1) is 22.7. The number of hydrogen-bond acceptors (Lipinski definition) is 4. The van der Waals surface area contributed by atoms with Gasteiger partial charge in [-0.25, -0.2) is 9.59 Å². The van der Waals surface area contributed by atoms with Gasteiger partial charge >= 0.3 is 12.1 Å². The predicted molar refractivity (Wildman–Crippen MR) is 97.0 cm³/mol. The van der Waals surface area contributed by atoms with Crippen molar-refractivity contribution in [3.63, 3.8) is 0 Å². The summed E-state index contributed by atoms with van der Waals surface area (Å²) in [5.74, 6) is -0.357. The van der Waals surface area contributed by atoms with Gasteiger partial charge in [0.25, 0.3) is 0 Å². The summed E-state index contributed by atoms with van der Waals surface area (Å²) in [4.78, 5) is 23.5. The van der Waals surface area contributed by atoms with Gasteiger partial charge in [0.2, 0.25) is 0 Å². The molecule has 0 aromatic carbocycles. The molecule has 1 amide bonds. The average molecular weight is 344 g/mol. The molecule has 0 saturated heterocycles. The Hall–Kier alpha value is -1.26. The van der Waals surface area contributed by atoms with Gasteiger partial charge in [0.1, 0.15) is 6.04 Å². The van der Waals surface area contributed by atoms with Crippen LogP contribution in [0.25, 0.3) is 0 Å². The first-order chi connectivity index (χ1) is 11.7. The summed E-state index contributed by atoms with van der Waals surface area (Å²) < 4.78 is 10.1. The van der Waals surface area contributed by atoms with Crippen molar-refractivity contribution in [2.24, 2.45) is 0 Å². The zero-order chi connectivity index (χ0) is 18.0. The van der Waals surface area contributed by atoms with Crippen LogP contribution < -0.4 is 5.32 Å². The largest absolute Gasteiger partial charge is 0.464 e. The zero-order valence-electron chi connectivity index (χ0n) is 15.9. The van der Waals surface area contributed by atoms with Crippen molar-refractivity contribution >= 4 is 12.1 Å². The Labute approximate surface area is 147 Å². The summed E-state index contributed by atoms with van der Waals surface area (Å²) in [6.45, 7) is 6.65. The molecule has 0 bridgehead atoms. The molecule has 1 atom stereocenters. The highest BCUT2D eigenvalue weighted by Crippen LogP contribution is 2.10. The predicted octanol–water partition coefficient (Wildman–Crippen LogP) is 4.98. The van der Waals surface area contributed by atoms with Crippen LogP contribution in [0.1, 0.15) is 91.4 Å². The number of nitrogens with one attached hydrogen (secondary N) is 1. The fourth-order valence-electron chi connectivity index (χ4n) is 2.54. The minimum Gasteiger partial charge on any atom is -0.464 e. The molecule has 0 aliphatic rings. The van der Waals surface area contributed by atoms with E-state index in [1.54, 1.807) is 6.92 Å². The first-order valence-electron chi connectivity index (χ1n) is 9.75. The van der Waals surface area contributed by atoms with Crippen LogP contribution in [0, 0.1) is 0 Å². The molecule has 5 heteroatoms. The molecular weight excluding hydrogens is 306 g/mol. The number of alkyl carbamates (subject to hydrolysis) is 1. The first-order valence-corrected chi connectivity index (χ1v) is 9.75. The quantitative estimate of drug-likeness (QED) is 0.336. The van der Waals surface area contributed by atoms with Gasteiger partial charge in [-0.3, -0.25) is 0 Å². The van der Waals surface area contributed by atoms with E-state index in [1.807, 2.05) is 6.92 Å². The van der Waals surface area contributed by atoms with Gasteiger partial charge in [0.05, 0.1) is 13.2 Å². The summed E-state index contributed by atoms with van der Waals surface area (Å²) in [7, 11) is 0. The van der Waals surface area contributed by atoms with Crippen molar-refractivity contribution in [3.8, 4) is 0 Å². The molecule has 0 aliphatic carbocycles. The second-order valence-corrected chi connectivity index (χ2v) is 6.20. The molecule has 142 valence electrons. The smallest absolute Gasteiger partial charge is 0.407 e. The third kappa shape index (κ3) is 13.2. The maximum atomic E-state index is 12.0. The Bertz CT molecular complexity index is 320. The van der Waals surface area contributed by atoms with Gasteiger partial charge < -0.3 is 14.8 Å². The molecule has 0 saturated carbocycles. The lowest BCUT2D eigenvalue weighted by molar-refractivity contribution is -0.146. The number of carbonyl (C=O) groups is 2. The van der Waals surface area contributed by atoms with E-state index >= 15 is 0 Å². The van der Waals surface area contributed by atoms with Crippen LogP contribution in [-0.4, -0.2) is 31.3 Å². The number of esters is 1. The van der Waals surface area contributed by atoms with Gasteiger partial charge in [-0.1, -0.05) is 71.6 Å². The van der Waals surface area contributed by atoms with E-state index in [9.17, 15) is 9.59 Å². The number of hydrogen-bond donors (Lipinski definition) is 1. The van der Waals surface area contributed by atoms with Gasteiger partial charge in [-0.15, -0.1) is 0 Å². The lowest BCUT2D eigenvalue weighted by Crippen LogP contribution is -2.42. The Kier molecular flexibility index (Phi) is 15.7. The Morgan fingerprint density at radius 3 is 1.92 bits per heavy atom. The topological polar surface area (TPSA) is 64.6 Å². The van der Waals surface area contributed by atoms with E-state index in [-0.39, 0.29) is 12.6 Å². The minimum absolute atomic E-state index is 0.290. The Morgan fingerprint density at radius 2 is 1.38 bits per heavy atom. The van der Waals surface area contributed by atoms with Crippen molar-refractivity contribution in [1.29, 1.82) is 0 Å². The fraction of sp³-hybridized carbons (Fsp3) is 0.895. The molecule has 0 aromatic heterocycles. The maximum Gasteiger partial charge on any atom is 0.407 e. The average Bonchev–Trinajstić information content (AvgIpc) is 2.56. The molecule has 0 radical (unpaired) electrons. The SMILES string of the molecule is CCCCCCCCCCCOC(=O)C(CCC)NC(=O)OCC. The van der Waals surface area contributed by atoms with Gasteiger partial charge in [-0.05, 0) is 19.8 Å². The summed E-state index contributed by atoms with van der Waals surface area (Å²) in [5.41, 5.74) is 0. The molecule has 1 N–H and O–H groups in total. The molecule has 1 unspecified atom stereocenters. The van der Waals surface area contributed by atoms with Crippen LogP contribution in [0.3, 0.4) is 0 Å². The maximum absolute atomic E-state index is 12.0. The second-order valence-electron chi connectivity index (χ2n) is 6.20. The third-order valence-corrected chi connectivity index (χ3v) is 3.92. The van der Waals surface area contributed by atoms with E-state index < -0.39 is 12.1 Å². The minimum atomic E-state index is -0.604. The number of carbonyl (C=O) groups excluding carboxylic acids is 2. The summed E-state index contributed by atoms with van der Waals surface area (Å²) >= 11 is 0. The monoisotopic (exact) mass is 343 g/mol. The molecule has 24 heavy (non-hydrogen) atoms. The lowest BCUT2D eigenvalue weighted by Gasteiger charge is -2.16. The number of rotatable bonds is 15. The van der Waals surface area contributed by atoms with Crippen LogP contribution in [0.5, 0.6) is 0 Å². The fourth-order valence-corrected chi connectivity index (χ4v) is 2.54. The van der Waals surface area contributed by atoms with Crippen molar-refractivity contribution in [2.45, 2.75) is 97.4 Å². The van der Waals surface area contributed by atoms with Crippen molar-refractivity contribution in [2.75, 3.05) is 13.2 Å². The van der Waals surface area contributed by atoms with Crippen molar-refractivity contribution in [1.82, 2.24) is 5.32 Å². The van der Waals surface area contributed by atoms with Gasteiger partial charge in [0, 0.05) is 0 Å². The van der Waals surface area contributed by atoms with E-state index in [2.05, 4.69) is 12.2 Å². The molecule has 0 spiro atoms. The molecule has 0 fully saturated rings. The van der Waals surface area contributed by atoms with Crippen molar-refractivity contribution in [3.05, 3.63) is 0 Å². The zero-order valence-corrected chi connectivity index (χ0v) is 15.9.